The van der Waals surface area contributed by atoms with E-state index in [2.05, 4.69) is 13.8 Å². The van der Waals surface area contributed by atoms with Crippen molar-refractivity contribution >= 4 is 34.4 Å². The number of fused-ring (bicyclic) bond motifs is 1. The molecule has 5 rings (SSSR count). The molecule has 0 spiro atoms. The van der Waals surface area contributed by atoms with Crippen LogP contribution in [0.25, 0.3) is 0 Å². The Morgan fingerprint density at radius 1 is 1.12 bits per heavy atom. The highest BCUT2D eigenvalue weighted by Gasteiger charge is 2.46. The van der Waals surface area contributed by atoms with Crippen LogP contribution in [0.1, 0.15) is 25.8 Å². The smallest absolute Gasteiger partial charge is 0.234 e. The van der Waals surface area contributed by atoms with Crippen LogP contribution in [0.3, 0.4) is 0 Å². The maximum absolute atomic E-state index is 13.6. The average Bonchev–Trinajstić information content (AvgIpc) is 3.36. The second kappa shape index (κ2) is 8.74. The quantitative estimate of drug-likeness (QED) is 0.688. The number of hydrogen-bond acceptors (Lipinski definition) is 6. The topological polar surface area (TPSA) is 71.4 Å². The van der Waals surface area contributed by atoms with Gasteiger partial charge in [0.05, 0.1) is 18.0 Å². The fourth-order valence-corrected chi connectivity index (χ4v) is 5.62. The zero-order valence-corrected chi connectivity index (χ0v) is 19.6. The molecule has 0 N–H and O–H groups in total. The van der Waals surface area contributed by atoms with Crippen LogP contribution in [-0.4, -0.2) is 52.9 Å². The summed E-state index contributed by atoms with van der Waals surface area (Å²) in [4.78, 5) is 34.8. The number of benzene rings is 2. The number of aliphatic imine (C=N–C) groups is 1. The minimum atomic E-state index is -0.411. The van der Waals surface area contributed by atoms with Gasteiger partial charge in [-0.3, -0.25) is 19.5 Å². The molecule has 8 heteroatoms. The number of amides is 2. The maximum Gasteiger partial charge on any atom is 0.234 e. The molecule has 3 aliphatic heterocycles. The SMILES string of the molecule is CC1(C)CSC(=NCc2ccccc2)N1C(=O)C1CC(=O)N(c2ccc3c(c2)OCCO3)C1. The largest absolute Gasteiger partial charge is 0.486 e. The molecule has 3 aliphatic rings. The summed E-state index contributed by atoms with van der Waals surface area (Å²) in [6.07, 6.45) is 0.191. The van der Waals surface area contributed by atoms with Crippen LogP contribution in [-0.2, 0) is 16.1 Å². The van der Waals surface area contributed by atoms with Crippen molar-refractivity contribution in [2.45, 2.75) is 32.4 Å². The zero-order valence-electron chi connectivity index (χ0n) is 18.8. The fourth-order valence-electron chi connectivity index (χ4n) is 4.39. The number of amidine groups is 1. The Hall–Kier alpha value is -3.00. The Labute approximate surface area is 197 Å². The van der Waals surface area contributed by atoms with Gasteiger partial charge in [0, 0.05) is 30.5 Å². The molecule has 2 fully saturated rings. The van der Waals surface area contributed by atoms with Gasteiger partial charge in [0.25, 0.3) is 0 Å². The van der Waals surface area contributed by atoms with Crippen molar-refractivity contribution in [3.63, 3.8) is 0 Å². The Morgan fingerprint density at radius 2 is 1.88 bits per heavy atom. The number of thioether (sulfide) groups is 1. The zero-order chi connectivity index (χ0) is 23.0. The van der Waals surface area contributed by atoms with Gasteiger partial charge >= 0.3 is 0 Å². The Kier molecular flexibility index (Phi) is 5.78. The summed E-state index contributed by atoms with van der Waals surface area (Å²) in [6.45, 7) is 5.98. The van der Waals surface area contributed by atoms with E-state index in [4.69, 9.17) is 14.5 Å². The fraction of sp³-hybridized carbons (Fsp3) is 0.400. The molecule has 2 aromatic carbocycles. The molecular formula is C25H27N3O4S. The molecule has 0 aliphatic carbocycles. The predicted molar refractivity (Wildman–Crippen MR) is 129 cm³/mol. The first-order valence-electron chi connectivity index (χ1n) is 11.2. The highest BCUT2D eigenvalue weighted by atomic mass is 32.2. The minimum Gasteiger partial charge on any atom is -0.486 e. The van der Waals surface area contributed by atoms with Crippen LogP contribution in [0.5, 0.6) is 11.5 Å². The van der Waals surface area contributed by atoms with Gasteiger partial charge in [-0.05, 0) is 31.5 Å². The second-order valence-electron chi connectivity index (χ2n) is 9.09. The van der Waals surface area contributed by atoms with E-state index < -0.39 is 5.92 Å². The van der Waals surface area contributed by atoms with Crippen molar-refractivity contribution in [3.05, 3.63) is 54.1 Å². The van der Waals surface area contributed by atoms with Crippen LogP contribution < -0.4 is 14.4 Å². The van der Waals surface area contributed by atoms with Gasteiger partial charge in [-0.2, -0.15) is 0 Å². The van der Waals surface area contributed by atoms with E-state index in [1.807, 2.05) is 53.4 Å². The summed E-state index contributed by atoms with van der Waals surface area (Å²) < 4.78 is 11.2. The molecule has 2 aromatic rings. The van der Waals surface area contributed by atoms with E-state index in [9.17, 15) is 9.59 Å². The van der Waals surface area contributed by atoms with E-state index in [-0.39, 0.29) is 23.8 Å². The van der Waals surface area contributed by atoms with Gasteiger partial charge < -0.3 is 14.4 Å². The van der Waals surface area contributed by atoms with Crippen LogP contribution in [0.4, 0.5) is 5.69 Å². The third-order valence-electron chi connectivity index (χ3n) is 6.12. The third-order valence-corrected chi connectivity index (χ3v) is 7.54. The number of rotatable bonds is 4. The lowest BCUT2D eigenvalue weighted by Crippen LogP contribution is -2.49. The van der Waals surface area contributed by atoms with Gasteiger partial charge in [-0.15, -0.1) is 0 Å². The second-order valence-corrected chi connectivity index (χ2v) is 10.0. The average molecular weight is 466 g/mol. The van der Waals surface area contributed by atoms with Gasteiger partial charge in [0.1, 0.15) is 13.2 Å². The van der Waals surface area contributed by atoms with Gasteiger partial charge in [-0.25, -0.2) is 0 Å². The first-order chi connectivity index (χ1) is 15.9. The lowest BCUT2D eigenvalue weighted by molar-refractivity contribution is -0.134. The van der Waals surface area contributed by atoms with Crippen LogP contribution in [0.15, 0.2) is 53.5 Å². The highest BCUT2D eigenvalue weighted by molar-refractivity contribution is 8.14. The van der Waals surface area contributed by atoms with Gasteiger partial charge in [0.15, 0.2) is 16.7 Å². The molecular weight excluding hydrogens is 438 g/mol. The van der Waals surface area contributed by atoms with Crippen LogP contribution >= 0.6 is 11.8 Å². The summed E-state index contributed by atoms with van der Waals surface area (Å²) in [5.74, 6) is 1.58. The van der Waals surface area contributed by atoms with E-state index >= 15 is 0 Å². The van der Waals surface area contributed by atoms with Crippen molar-refractivity contribution in [1.29, 1.82) is 0 Å². The molecule has 3 heterocycles. The monoisotopic (exact) mass is 465 g/mol. The Balaban J connectivity index is 1.34. The van der Waals surface area contributed by atoms with Crippen LogP contribution in [0.2, 0.25) is 0 Å². The number of ether oxygens (including phenoxy) is 2. The molecule has 0 bridgehead atoms. The first-order valence-corrected chi connectivity index (χ1v) is 12.2. The first kappa shape index (κ1) is 21.8. The van der Waals surface area contributed by atoms with Crippen molar-refractivity contribution in [3.8, 4) is 11.5 Å². The van der Waals surface area contributed by atoms with Gasteiger partial charge in [-0.1, -0.05) is 42.1 Å². The predicted octanol–water partition coefficient (Wildman–Crippen LogP) is 3.72. The maximum atomic E-state index is 13.6. The number of carbonyl (C=O) groups excluding carboxylic acids is 2. The summed E-state index contributed by atoms with van der Waals surface area (Å²) in [5, 5.41) is 0.735. The molecule has 0 radical (unpaired) electrons. The lowest BCUT2D eigenvalue weighted by Gasteiger charge is -2.32. The normalized spacial score (nSPS) is 22.8. The molecule has 0 aromatic heterocycles. The summed E-state index contributed by atoms with van der Waals surface area (Å²) in [5.41, 5.74) is 1.47. The number of carbonyl (C=O) groups is 2. The molecule has 172 valence electrons. The van der Waals surface area contributed by atoms with E-state index in [0.717, 1.165) is 22.2 Å². The lowest BCUT2D eigenvalue weighted by atomic mass is 10.0. The van der Waals surface area contributed by atoms with Crippen molar-refractivity contribution in [2.24, 2.45) is 10.9 Å². The molecule has 1 atom stereocenters. The molecule has 1 unspecified atom stereocenters. The van der Waals surface area contributed by atoms with Crippen molar-refractivity contribution in [1.82, 2.24) is 4.90 Å². The summed E-state index contributed by atoms with van der Waals surface area (Å²) >= 11 is 1.60. The van der Waals surface area contributed by atoms with Crippen molar-refractivity contribution < 1.29 is 19.1 Å². The number of anilines is 1. The Bertz CT molecular complexity index is 1100. The molecule has 33 heavy (non-hydrogen) atoms. The standard InChI is InChI=1S/C25H27N3O4S/c1-25(2)16-33-24(26-14-17-6-4-3-5-7-17)28(25)23(30)18-12-22(29)27(15-18)19-8-9-20-21(13-19)32-11-10-31-20/h3-9,13,18H,10-12,14-16H2,1-2H3. The number of hydrogen-bond donors (Lipinski definition) is 0. The number of nitrogens with zero attached hydrogens (tertiary/aromatic N) is 3. The Morgan fingerprint density at radius 3 is 2.67 bits per heavy atom. The van der Waals surface area contributed by atoms with Crippen LogP contribution in [0, 0.1) is 5.92 Å². The van der Waals surface area contributed by atoms with E-state index in [0.29, 0.717) is 37.8 Å². The summed E-state index contributed by atoms with van der Waals surface area (Å²) in [7, 11) is 0. The minimum absolute atomic E-state index is 0.0368. The highest BCUT2D eigenvalue weighted by Crippen LogP contribution is 2.38. The molecule has 7 nitrogen and oxygen atoms in total. The van der Waals surface area contributed by atoms with E-state index in [1.165, 1.54) is 0 Å². The molecule has 2 saturated heterocycles. The third kappa shape index (κ3) is 4.31. The van der Waals surface area contributed by atoms with Gasteiger partial charge in [0.2, 0.25) is 11.8 Å². The van der Waals surface area contributed by atoms with E-state index in [1.54, 1.807) is 16.7 Å². The van der Waals surface area contributed by atoms with Crippen molar-refractivity contribution in [2.75, 3.05) is 30.4 Å². The summed E-state index contributed by atoms with van der Waals surface area (Å²) in [6, 6.07) is 15.5. The molecule has 2 amide bonds. The molecule has 0 saturated carbocycles.